The summed E-state index contributed by atoms with van der Waals surface area (Å²) in [6.45, 7) is 9.92. The van der Waals surface area contributed by atoms with E-state index in [0.29, 0.717) is 6.61 Å². The summed E-state index contributed by atoms with van der Waals surface area (Å²) in [7, 11) is 0. The number of fused-ring (bicyclic) bond motifs is 6. The van der Waals surface area contributed by atoms with E-state index in [-0.39, 0.29) is 33.8 Å². The molecule has 0 fully saturated rings. The van der Waals surface area contributed by atoms with Gasteiger partial charge in [-0.3, -0.25) is 0 Å². The first-order valence-electron chi connectivity index (χ1n) is 8.76. The standard InChI is InChI=1S/C21H22N2OS.CH4.B.H2/c1-19(2)20(3)13-24-16-10-9-14-7-5-6-8-15(14)17(16)21(20,4)22-18-23(19)11-12-25-18;;;/h5-12H,13H2,1-4H3;1H4;;1H/i;;;1+1. The molecule has 0 aromatic heterocycles. The molecule has 2 aromatic carbocycles. The van der Waals surface area contributed by atoms with Crippen LogP contribution in [0.25, 0.3) is 10.8 Å². The maximum absolute atomic E-state index is 6.33. The lowest BCUT2D eigenvalue weighted by Crippen LogP contribution is -2.68. The van der Waals surface area contributed by atoms with Gasteiger partial charge in [-0.25, -0.2) is 4.99 Å². The number of hydrogen-bond acceptors (Lipinski definition) is 4. The van der Waals surface area contributed by atoms with Crippen LogP contribution in [0.1, 0.15) is 42.1 Å². The number of aliphatic imine (C=N–C) groups is 1. The van der Waals surface area contributed by atoms with Gasteiger partial charge < -0.3 is 9.64 Å². The van der Waals surface area contributed by atoms with Crippen molar-refractivity contribution in [2.24, 2.45) is 10.4 Å². The zero-order chi connectivity index (χ0) is 17.4. The van der Waals surface area contributed by atoms with Crippen LogP contribution in [0.4, 0.5) is 0 Å². The van der Waals surface area contributed by atoms with E-state index in [1.165, 1.54) is 16.3 Å². The van der Waals surface area contributed by atoms with Crippen LogP contribution < -0.4 is 4.74 Å². The molecule has 3 aliphatic rings. The van der Waals surface area contributed by atoms with Crippen molar-refractivity contribution in [2.75, 3.05) is 6.61 Å². The molecule has 2 aromatic rings. The topological polar surface area (TPSA) is 24.8 Å². The molecular formula is C22H28BN2OS. The molecule has 2 atom stereocenters. The Bertz CT molecular complexity index is 976. The van der Waals surface area contributed by atoms with Gasteiger partial charge in [0.2, 0.25) is 0 Å². The summed E-state index contributed by atoms with van der Waals surface area (Å²) in [5, 5.41) is 5.71. The van der Waals surface area contributed by atoms with Gasteiger partial charge in [0, 0.05) is 21.6 Å². The van der Waals surface area contributed by atoms with Gasteiger partial charge in [-0.2, -0.15) is 0 Å². The lowest BCUT2D eigenvalue weighted by Gasteiger charge is -2.61. The molecule has 0 spiro atoms. The number of amidine groups is 1. The maximum Gasteiger partial charge on any atom is 0.169 e. The molecule has 0 saturated heterocycles. The highest BCUT2D eigenvalue weighted by Gasteiger charge is 2.64. The van der Waals surface area contributed by atoms with E-state index in [1.54, 1.807) is 11.8 Å². The van der Waals surface area contributed by atoms with Crippen LogP contribution in [0.5, 0.6) is 5.75 Å². The van der Waals surface area contributed by atoms with Gasteiger partial charge in [0.15, 0.2) is 5.17 Å². The minimum absolute atomic E-state index is 0. The average molecular weight is 380 g/mol. The fourth-order valence-corrected chi connectivity index (χ4v) is 5.64. The second-order valence-electron chi connectivity index (χ2n) is 8.08. The molecule has 0 amide bonds. The summed E-state index contributed by atoms with van der Waals surface area (Å²) in [6, 6.07) is 12.8. The van der Waals surface area contributed by atoms with E-state index < -0.39 is 0 Å². The van der Waals surface area contributed by atoms with Crippen LogP contribution >= 0.6 is 11.8 Å². The Balaban J connectivity index is 0.000000934. The fraction of sp³-hybridized carbons (Fsp3) is 0.409. The van der Waals surface area contributed by atoms with E-state index in [0.717, 1.165) is 10.9 Å². The van der Waals surface area contributed by atoms with E-state index in [1.807, 2.05) is 0 Å². The zero-order valence-corrected chi connectivity index (χ0v) is 16.4. The SMILES string of the molecule is C.CC12N=C3SC=CN3C(C)(C)C1(C)COc1ccc3ccccc3c12.[2HH].[B]. The summed E-state index contributed by atoms with van der Waals surface area (Å²) in [5.74, 6) is 0.975. The number of hydrogen-bond donors (Lipinski definition) is 0. The number of nitrogens with zero attached hydrogens (tertiary/aromatic N) is 2. The van der Waals surface area contributed by atoms with Gasteiger partial charge >= 0.3 is 0 Å². The van der Waals surface area contributed by atoms with Crippen LogP contribution in [0, 0.1) is 5.41 Å². The molecule has 3 aliphatic heterocycles. The van der Waals surface area contributed by atoms with Crippen molar-refractivity contribution in [1.82, 2.24) is 4.90 Å². The van der Waals surface area contributed by atoms with Crippen molar-refractivity contribution in [3.63, 3.8) is 0 Å². The summed E-state index contributed by atoms with van der Waals surface area (Å²) in [6.07, 6.45) is 2.16. The van der Waals surface area contributed by atoms with Crippen LogP contribution in [0.15, 0.2) is 53.0 Å². The minimum Gasteiger partial charge on any atom is -0.492 e. The lowest BCUT2D eigenvalue weighted by atomic mass is 9.56. The molecule has 0 N–H and O–H groups in total. The van der Waals surface area contributed by atoms with Crippen molar-refractivity contribution in [1.29, 1.82) is 0 Å². The first kappa shape index (κ1) is 19.9. The molecule has 5 heteroatoms. The van der Waals surface area contributed by atoms with Gasteiger partial charge in [-0.1, -0.05) is 56.4 Å². The Kier molecular flexibility index (Phi) is 4.46. The highest BCUT2D eigenvalue weighted by Crippen LogP contribution is 2.61. The van der Waals surface area contributed by atoms with Crippen LogP contribution in [0.2, 0.25) is 0 Å². The molecule has 0 aliphatic carbocycles. The summed E-state index contributed by atoms with van der Waals surface area (Å²) in [5.41, 5.74) is 0.631. The average Bonchev–Trinajstić information content (AvgIpc) is 3.06. The van der Waals surface area contributed by atoms with Crippen molar-refractivity contribution < 1.29 is 6.16 Å². The molecule has 3 nitrogen and oxygen atoms in total. The number of ether oxygens (including phenoxy) is 1. The second kappa shape index (κ2) is 6.06. The number of thioether (sulfide) groups is 1. The Morgan fingerprint density at radius 1 is 1.11 bits per heavy atom. The zero-order valence-electron chi connectivity index (χ0n) is 15.6. The number of rotatable bonds is 0. The Morgan fingerprint density at radius 3 is 2.63 bits per heavy atom. The number of benzene rings is 2. The highest BCUT2D eigenvalue weighted by atomic mass is 32.2. The summed E-state index contributed by atoms with van der Waals surface area (Å²) >= 11 is 1.72. The van der Waals surface area contributed by atoms with Crippen molar-refractivity contribution in [2.45, 2.75) is 46.2 Å². The van der Waals surface area contributed by atoms with E-state index >= 15 is 0 Å². The van der Waals surface area contributed by atoms with Crippen LogP contribution in [-0.2, 0) is 5.54 Å². The molecule has 2 unspecified atom stereocenters. The summed E-state index contributed by atoms with van der Waals surface area (Å²) in [4.78, 5) is 7.64. The molecule has 3 heterocycles. The highest BCUT2D eigenvalue weighted by molar-refractivity contribution is 8.16. The van der Waals surface area contributed by atoms with Gasteiger partial charge in [0.25, 0.3) is 0 Å². The predicted octanol–water partition coefficient (Wildman–Crippen LogP) is 5.62. The lowest BCUT2D eigenvalue weighted by molar-refractivity contribution is -0.0584. The minimum atomic E-state index is -0.338. The van der Waals surface area contributed by atoms with Crippen molar-refractivity contribution in [3.05, 3.63) is 53.6 Å². The van der Waals surface area contributed by atoms with Gasteiger partial charge in [0.05, 0.1) is 17.6 Å². The van der Waals surface area contributed by atoms with E-state index in [2.05, 4.69) is 80.6 Å². The summed E-state index contributed by atoms with van der Waals surface area (Å²) < 4.78 is 6.33. The van der Waals surface area contributed by atoms with Gasteiger partial charge in [-0.15, -0.1) is 0 Å². The first-order chi connectivity index (χ1) is 11.9. The quantitative estimate of drug-likeness (QED) is 0.554. The largest absolute Gasteiger partial charge is 0.492 e. The van der Waals surface area contributed by atoms with E-state index in [9.17, 15) is 0 Å². The van der Waals surface area contributed by atoms with Gasteiger partial charge in [-0.05, 0) is 43.0 Å². The Hall–Kier alpha value is -1.88. The Labute approximate surface area is 169 Å². The Morgan fingerprint density at radius 2 is 1.85 bits per heavy atom. The first-order valence-corrected chi connectivity index (χ1v) is 9.64. The molecule has 0 bridgehead atoms. The molecule has 5 rings (SSSR count). The maximum atomic E-state index is 6.33. The predicted molar refractivity (Wildman–Crippen MR) is 120 cm³/mol. The second-order valence-corrected chi connectivity index (χ2v) is 8.95. The smallest absolute Gasteiger partial charge is 0.169 e. The molecule has 141 valence electrons. The molecule has 27 heavy (non-hydrogen) atoms. The third-order valence-electron chi connectivity index (χ3n) is 6.83. The van der Waals surface area contributed by atoms with Crippen LogP contribution in [-0.4, -0.2) is 30.6 Å². The third kappa shape index (κ3) is 2.21. The van der Waals surface area contributed by atoms with E-state index in [4.69, 9.17) is 9.73 Å². The molecule has 3 radical (unpaired) electrons. The molecule has 0 saturated carbocycles. The molecular weight excluding hydrogens is 351 g/mol. The van der Waals surface area contributed by atoms with Crippen molar-refractivity contribution in [3.8, 4) is 5.75 Å². The van der Waals surface area contributed by atoms with Crippen molar-refractivity contribution >= 4 is 36.1 Å². The van der Waals surface area contributed by atoms with Gasteiger partial charge in [0.1, 0.15) is 11.3 Å². The van der Waals surface area contributed by atoms with Crippen LogP contribution in [0.3, 0.4) is 0 Å². The third-order valence-corrected chi connectivity index (χ3v) is 7.59. The monoisotopic (exact) mass is 380 g/mol. The fourth-order valence-electron chi connectivity index (χ4n) is 4.70. The normalized spacial score (nSPS) is 29.5.